The smallest absolute Gasteiger partial charge is 0.325 e. The number of hydrogen-bond donors (Lipinski definition) is 2. The highest BCUT2D eigenvalue weighted by Crippen LogP contribution is 2.17. The molecule has 0 aromatic heterocycles. The molecule has 0 unspecified atom stereocenters. The number of nitrogens with one attached hydrogen (secondary N) is 1. The molecule has 2 N–H and O–H groups in total. The zero-order valence-electron chi connectivity index (χ0n) is 8.95. The molecule has 0 aliphatic rings. The second kappa shape index (κ2) is 5.12. The Bertz CT molecular complexity index is 431. The molecular formula is C11H12BrNO3. The molecule has 1 atom stereocenters. The highest BCUT2D eigenvalue weighted by atomic mass is 79.9. The number of aliphatic carboxylic acids is 1. The van der Waals surface area contributed by atoms with E-state index in [1.807, 2.05) is 6.92 Å². The largest absolute Gasteiger partial charge is 0.480 e. The number of benzene rings is 1. The topological polar surface area (TPSA) is 66.4 Å². The third-order valence-corrected chi connectivity index (χ3v) is 3.01. The highest BCUT2D eigenvalue weighted by molar-refractivity contribution is 9.10. The molecule has 0 heterocycles. The molecule has 0 aliphatic carbocycles. The number of aryl methyl sites for hydroxylation is 1. The molecule has 0 fully saturated rings. The van der Waals surface area contributed by atoms with Gasteiger partial charge in [-0.2, -0.15) is 0 Å². The SMILES string of the molecule is Cc1ccc(C(=O)N[C@@H](C)C(=O)O)cc1Br. The van der Waals surface area contributed by atoms with E-state index in [4.69, 9.17) is 5.11 Å². The summed E-state index contributed by atoms with van der Waals surface area (Å²) < 4.78 is 0.822. The lowest BCUT2D eigenvalue weighted by Gasteiger charge is -2.09. The molecule has 5 heteroatoms. The molecule has 1 aromatic carbocycles. The van der Waals surface area contributed by atoms with Crippen molar-refractivity contribution in [2.45, 2.75) is 19.9 Å². The van der Waals surface area contributed by atoms with Crippen LogP contribution in [0.25, 0.3) is 0 Å². The highest BCUT2D eigenvalue weighted by Gasteiger charge is 2.15. The van der Waals surface area contributed by atoms with Gasteiger partial charge < -0.3 is 10.4 Å². The molecule has 0 bridgehead atoms. The molecule has 0 spiro atoms. The Balaban J connectivity index is 2.81. The van der Waals surface area contributed by atoms with E-state index in [1.165, 1.54) is 6.92 Å². The average Bonchev–Trinajstić information content (AvgIpc) is 2.21. The summed E-state index contributed by atoms with van der Waals surface area (Å²) in [5.41, 5.74) is 1.45. The van der Waals surface area contributed by atoms with E-state index >= 15 is 0 Å². The minimum Gasteiger partial charge on any atom is -0.480 e. The summed E-state index contributed by atoms with van der Waals surface area (Å²) in [4.78, 5) is 22.2. The minimum absolute atomic E-state index is 0.393. The van der Waals surface area contributed by atoms with Crippen molar-refractivity contribution in [3.63, 3.8) is 0 Å². The van der Waals surface area contributed by atoms with Gasteiger partial charge in [-0.15, -0.1) is 0 Å². The van der Waals surface area contributed by atoms with Gasteiger partial charge in [-0.25, -0.2) is 0 Å². The fourth-order valence-corrected chi connectivity index (χ4v) is 1.45. The Kier molecular flexibility index (Phi) is 4.06. The van der Waals surface area contributed by atoms with Crippen LogP contribution in [0.4, 0.5) is 0 Å². The summed E-state index contributed by atoms with van der Waals surface area (Å²) in [7, 11) is 0. The van der Waals surface area contributed by atoms with Crippen molar-refractivity contribution in [1.29, 1.82) is 0 Å². The molecule has 1 amide bonds. The van der Waals surface area contributed by atoms with Crippen LogP contribution in [0.2, 0.25) is 0 Å². The summed E-state index contributed by atoms with van der Waals surface area (Å²) in [6, 6.07) is 4.22. The van der Waals surface area contributed by atoms with Crippen molar-refractivity contribution in [3.05, 3.63) is 33.8 Å². The monoisotopic (exact) mass is 285 g/mol. The molecular weight excluding hydrogens is 274 g/mol. The lowest BCUT2D eigenvalue weighted by molar-refractivity contribution is -0.138. The van der Waals surface area contributed by atoms with Crippen LogP contribution in [0.15, 0.2) is 22.7 Å². The summed E-state index contributed by atoms with van der Waals surface area (Å²) in [5, 5.41) is 11.0. The summed E-state index contributed by atoms with van der Waals surface area (Å²) in [6.45, 7) is 3.33. The molecule has 16 heavy (non-hydrogen) atoms. The molecule has 86 valence electrons. The number of hydrogen-bond acceptors (Lipinski definition) is 2. The molecule has 0 saturated carbocycles. The van der Waals surface area contributed by atoms with Gasteiger partial charge in [0.15, 0.2) is 0 Å². The van der Waals surface area contributed by atoms with Crippen LogP contribution < -0.4 is 5.32 Å². The minimum atomic E-state index is -1.06. The second-order valence-corrected chi connectivity index (χ2v) is 4.35. The number of carbonyl (C=O) groups is 2. The van der Waals surface area contributed by atoms with Crippen LogP contribution in [0.5, 0.6) is 0 Å². The molecule has 0 saturated heterocycles. The van der Waals surface area contributed by atoms with Gasteiger partial charge >= 0.3 is 5.97 Å². The van der Waals surface area contributed by atoms with E-state index in [-0.39, 0.29) is 0 Å². The van der Waals surface area contributed by atoms with Crippen molar-refractivity contribution >= 4 is 27.8 Å². The van der Waals surface area contributed by atoms with Gasteiger partial charge in [0.1, 0.15) is 6.04 Å². The van der Waals surface area contributed by atoms with E-state index in [2.05, 4.69) is 21.2 Å². The van der Waals surface area contributed by atoms with E-state index in [1.54, 1.807) is 18.2 Å². The maximum absolute atomic E-state index is 11.6. The van der Waals surface area contributed by atoms with Gasteiger partial charge in [0.2, 0.25) is 0 Å². The molecule has 0 radical (unpaired) electrons. The van der Waals surface area contributed by atoms with E-state index in [0.29, 0.717) is 5.56 Å². The zero-order chi connectivity index (χ0) is 12.3. The quantitative estimate of drug-likeness (QED) is 0.892. The van der Waals surface area contributed by atoms with Gasteiger partial charge in [0.25, 0.3) is 5.91 Å². The summed E-state index contributed by atoms with van der Waals surface area (Å²) in [5.74, 6) is -1.45. The lowest BCUT2D eigenvalue weighted by atomic mass is 10.1. The van der Waals surface area contributed by atoms with Crippen LogP contribution in [-0.4, -0.2) is 23.0 Å². The second-order valence-electron chi connectivity index (χ2n) is 3.50. The molecule has 0 aliphatic heterocycles. The standard InChI is InChI=1S/C11H12BrNO3/c1-6-3-4-8(5-9(6)12)10(14)13-7(2)11(15)16/h3-5,7H,1-2H3,(H,13,14)(H,15,16)/t7-/m0/s1. The molecule has 4 nitrogen and oxygen atoms in total. The van der Waals surface area contributed by atoms with Gasteiger partial charge in [0.05, 0.1) is 0 Å². The van der Waals surface area contributed by atoms with Crippen LogP contribution >= 0.6 is 15.9 Å². The fourth-order valence-electron chi connectivity index (χ4n) is 1.08. The van der Waals surface area contributed by atoms with Crippen molar-refractivity contribution in [2.24, 2.45) is 0 Å². The zero-order valence-corrected chi connectivity index (χ0v) is 10.5. The molecule has 1 rings (SSSR count). The van der Waals surface area contributed by atoms with E-state index in [9.17, 15) is 9.59 Å². The Morgan fingerprint density at radius 3 is 2.56 bits per heavy atom. The Morgan fingerprint density at radius 2 is 2.06 bits per heavy atom. The number of carboxylic acid groups (broad SMARTS) is 1. The predicted octanol–water partition coefficient (Wildman–Crippen LogP) is 1.96. The first-order valence-electron chi connectivity index (χ1n) is 4.71. The van der Waals surface area contributed by atoms with Gasteiger partial charge in [-0.05, 0) is 31.5 Å². The Labute approximate surface area is 102 Å². The maximum Gasteiger partial charge on any atom is 0.325 e. The molecule has 1 aromatic rings. The van der Waals surface area contributed by atoms with Gasteiger partial charge in [-0.3, -0.25) is 9.59 Å². The number of carbonyl (C=O) groups excluding carboxylic acids is 1. The van der Waals surface area contributed by atoms with Crippen LogP contribution in [0, 0.1) is 6.92 Å². The van der Waals surface area contributed by atoms with Crippen LogP contribution in [-0.2, 0) is 4.79 Å². The van der Waals surface area contributed by atoms with Gasteiger partial charge in [0, 0.05) is 10.0 Å². The fraction of sp³-hybridized carbons (Fsp3) is 0.273. The lowest BCUT2D eigenvalue weighted by Crippen LogP contribution is -2.38. The third-order valence-electron chi connectivity index (χ3n) is 2.15. The van der Waals surface area contributed by atoms with Crippen molar-refractivity contribution < 1.29 is 14.7 Å². The van der Waals surface area contributed by atoms with E-state index < -0.39 is 17.9 Å². The number of halogens is 1. The van der Waals surface area contributed by atoms with Crippen molar-refractivity contribution in [3.8, 4) is 0 Å². The first kappa shape index (κ1) is 12.7. The van der Waals surface area contributed by atoms with Crippen LogP contribution in [0.3, 0.4) is 0 Å². The third kappa shape index (κ3) is 3.06. The maximum atomic E-state index is 11.6. The number of carboxylic acids is 1. The first-order chi connectivity index (χ1) is 7.41. The average molecular weight is 286 g/mol. The number of rotatable bonds is 3. The predicted molar refractivity (Wildman–Crippen MR) is 63.4 cm³/mol. The van der Waals surface area contributed by atoms with Crippen LogP contribution in [0.1, 0.15) is 22.8 Å². The normalized spacial score (nSPS) is 11.9. The Morgan fingerprint density at radius 1 is 1.44 bits per heavy atom. The summed E-state index contributed by atoms with van der Waals surface area (Å²) >= 11 is 3.31. The van der Waals surface area contributed by atoms with Gasteiger partial charge in [-0.1, -0.05) is 22.0 Å². The first-order valence-corrected chi connectivity index (χ1v) is 5.51. The summed E-state index contributed by atoms with van der Waals surface area (Å²) in [6.07, 6.45) is 0. The van der Waals surface area contributed by atoms with E-state index in [0.717, 1.165) is 10.0 Å². The number of amides is 1. The Hall–Kier alpha value is -1.36. The van der Waals surface area contributed by atoms with Crippen molar-refractivity contribution in [1.82, 2.24) is 5.32 Å². The van der Waals surface area contributed by atoms with Crippen molar-refractivity contribution in [2.75, 3.05) is 0 Å².